The minimum absolute atomic E-state index is 0.698. The van der Waals surface area contributed by atoms with E-state index >= 15 is 0 Å². The molecule has 1 aliphatic carbocycles. The predicted octanol–water partition coefficient (Wildman–Crippen LogP) is 4.47. The van der Waals surface area contributed by atoms with Gasteiger partial charge < -0.3 is 0 Å². The van der Waals surface area contributed by atoms with Gasteiger partial charge in [0.2, 0.25) is 0 Å². The minimum atomic E-state index is -0.698. The van der Waals surface area contributed by atoms with Crippen molar-refractivity contribution in [2.75, 3.05) is 0 Å². The van der Waals surface area contributed by atoms with Crippen molar-refractivity contribution in [2.24, 2.45) is 4.76 Å². The Balaban J connectivity index is 1.80. The summed E-state index contributed by atoms with van der Waals surface area (Å²) >= 11 is 0. The number of fused-ring (bicyclic) bond motifs is 1. The van der Waals surface area contributed by atoms with Crippen molar-refractivity contribution < 1.29 is 0 Å². The maximum absolute atomic E-state index is 5.24. The molecule has 0 spiro atoms. The van der Waals surface area contributed by atoms with Crippen LogP contribution in [0.4, 0.5) is 0 Å². The molecule has 0 fully saturated rings. The Bertz CT molecular complexity index is 785. The van der Waals surface area contributed by atoms with Gasteiger partial charge in [-0.05, 0) is 24.0 Å². The van der Waals surface area contributed by atoms with Crippen LogP contribution >= 0.6 is 8.07 Å². The fourth-order valence-corrected chi connectivity index (χ4v) is 4.92. The first-order valence-electron chi connectivity index (χ1n) is 7.98. The van der Waals surface area contributed by atoms with Gasteiger partial charge in [-0.15, -0.1) is 0 Å². The van der Waals surface area contributed by atoms with Crippen LogP contribution in [-0.2, 0) is 6.42 Å². The molecule has 0 bridgehead atoms. The summed E-state index contributed by atoms with van der Waals surface area (Å²) in [5, 5.41) is 2.62. The summed E-state index contributed by atoms with van der Waals surface area (Å²) in [4.78, 5) is 0. The van der Waals surface area contributed by atoms with E-state index in [2.05, 4.69) is 84.9 Å². The standard InChI is InChI=1S/C21H18NP/c1-3-10-18(11-4-1)23(19-12-5-2-6-13-19)22-21-16-15-17-9-7-8-14-20(17)21/h1-14H,15-16H2/b22-21+. The van der Waals surface area contributed by atoms with Gasteiger partial charge in [-0.1, -0.05) is 84.9 Å². The highest BCUT2D eigenvalue weighted by molar-refractivity contribution is 7.72. The first-order valence-corrected chi connectivity index (χ1v) is 9.27. The topological polar surface area (TPSA) is 12.4 Å². The Hall–Kier alpha value is -2.24. The number of hydrogen-bond acceptors (Lipinski definition) is 1. The lowest BCUT2D eigenvalue weighted by Gasteiger charge is -2.15. The van der Waals surface area contributed by atoms with Crippen LogP contribution in [0, 0.1) is 0 Å². The Kier molecular flexibility index (Phi) is 4.05. The molecule has 23 heavy (non-hydrogen) atoms. The summed E-state index contributed by atoms with van der Waals surface area (Å²) < 4.78 is 5.24. The monoisotopic (exact) mass is 315 g/mol. The first kappa shape index (κ1) is 14.4. The lowest BCUT2D eigenvalue weighted by molar-refractivity contribution is 1.10. The molecule has 112 valence electrons. The Labute approximate surface area is 138 Å². The fourth-order valence-electron chi connectivity index (χ4n) is 3.04. The van der Waals surface area contributed by atoms with E-state index in [-0.39, 0.29) is 0 Å². The van der Waals surface area contributed by atoms with Crippen molar-refractivity contribution in [3.8, 4) is 0 Å². The van der Waals surface area contributed by atoms with Gasteiger partial charge in [-0.25, -0.2) is 0 Å². The molecule has 0 radical (unpaired) electrons. The third kappa shape index (κ3) is 2.98. The summed E-state index contributed by atoms with van der Waals surface area (Å²) in [5.74, 6) is 0. The van der Waals surface area contributed by atoms with Crippen molar-refractivity contribution >= 4 is 24.4 Å². The van der Waals surface area contributed by atoms with Crippen LogP contribution in [0.15, 0.2) is 89.7 Å². The van der Waals surface area contributed by atoms with Crippen LogP contribution in [-0.4, -0.2) is 5.71 Å². The molecule has 3 aromatic carbocycles. The van der Waals surface area contributed by atoms with Gasteiger partial charge in [0.05, 0.1) is 8.07 Å². The Morgan fingerprint density at radius 1 is 0.609 bits per heavy atom. The summed E-state index contributed by atoms with van der Waals surface area (Å²) in [5.41, 5.74) is 4.04. The van der Waals surface area contributed by atoms with E-state index in [1.807, 2.05) is 0 Å². The molecular weight excluding hydrogens is 297 g/mol. The second-order valence-electron chi connectivity index (χ2n) is 5.69. The van der Waals surface area contributed by atoms with Crippen LogP contribution in [0.5, 0.6) is 0 Å². The average Bonchev–Trinajstić information content (AvgIpc) is 3.04. The molecule has 1 nitrogen and oxygen atoms in total. The molecule has 1 aliphatic rings. The molecule has 3 aromatic rings. The van der Waals surface area contributed by atoms with E-state index in [1.54, 1.807) is 0 Å². The quantitative estimate of drug-likeness (QED) is 0.632. The summed E-state index contributed by atoms with van der Waals surface area (Å²) in [7, 11) is -0.698. The SMILES string of the molecule is c1ccc(P(/N=C2\CCc3ccccc32)c2ccccc2)cc1. The Morgan fingerprint density at radius 3 is 1.83 bits per heavy atom. The van der Waals surface area contributed by atoms with Crippen molar-refractivity contribution in [3.05, 3.63) is 96.1 Å². The van der Waals surface area contributed by atoms with Gasteiger partial charge in [0.15, 0.2) is 0 Å². The van der Waals surface area contributed by atoms with Gasteiger partial charge in [0.25, 0.3) is 0 Å². The van der Waals surface area contributed by atoms with E-state index < -0.39 is 8.07 Å². The lowest BCUT2D eigenvalue weighted by atomic mass is 10.1. The molecule has 0 saturated heterocycles. The second-order valence-corrected chi connectivity index (χ2v) is 7.54. The maximum atomic E-state index is 5.24. The summed E-state index contributed by atoms with van der Waals surface area (Å²) in [6.07, 6.45) is 2.17. The number of rotatable bonds is 3. The third-order valence-corrected chi connectivity index (χ3v) is 6.20. The van der Waals surface area contributed by atoms with Gasteiger partial charge in [-0.2, -0.15) is 0 Å². The Morgan fingerprint density at radius 2 is 1.17 bits per heavy atom. The molecule has 0 aliphatic heterocycles. The van der Waals surface area contributed by atoms with Crippen molar-refractivity contribution in [3.63, 3.8) is 0 Å². The van der Waals surface area contributed by atoms with Gasteiger partial charge >= 0.3 is 0 Å². The smallest absolute Gasteiger partial charge is 0.0783 e. The number of nitrogens with zero attached hydrogens (tertiary/aromatic N) is 1. The highest BCUT2D eigenvalue weighted by atomic mass is 31.1. The van der Waals surface area contributed by atoms with E-state index in [4.69, 9.17) is 4.76 Å². The molecule has 0 atom stereocenters. The predicted molar refractivity (Wildman–Crippen MR) is 100 cm³/mol. The molecule has 4 rings (SSSR count). The number of hydrogen-bond donors (Lipinski definition) is 0. The highest BCUT2D eigenvalue weighted by Crippen LogP contribution is 2.38. The highest BCUT2D eigenvalue weighted by Gasteiger charge is 2.20. The van der Waals surface area contributed by atoms with E-state index in [0.717, 1.165) is 12.8 Å². The maximum Gasteiger partial charge on any atom is 0.0783 e. The van der Waals surface area contributed by atoms with Crippen LogP contribution in [0.1, 0.15) is 17.5 Å². The number of aryl methyl sites for hydroxylation is 1. The van der Waals surface area contributed by atoms with Crippen LogP contribution in [0.2, 0.25) is 0 Å². The van der Waals surface area contributed by atoms with E-state index in [9.17, 15) is 0 Å². The lowest BCUT2D eigenvalue weighted by Crippen LogP contribution is -2.11. The van der Waals surface area contributed by atoms with E-state index in [1.165, 1.54) is 27.4 Å². The third-order valence-electron chi connectivity index (χ3n) is 4.18. The molecular formula is C21H18NP. The van der Waals surface area contributed by atoms with Crippen LogP contribution in [0.25, 0.3) is 0 Å². The second kappa shape index (κ2) is 6.48. The zero-order valence-corrected chi connectivity index (χ0v) is 13.8. The zero-order chi connectivity index (χ0) is 15.5. The van der Waals surface area contributed by atoms with Crippen LogP contribution < -0.4 is 10.6 Å². The largest absolute Gasteiger partial charge is 0.256 e. The van der Waals surface area contributed by atoms with Crippen molar-refractivity contribution in [1.29, 1.82) is 0 Å². The molecule has 2 heteroatoms. The average molecular weight is 315 g/mol. The molecule has 0 heterocycles. The molecule has 0 unspecified atom stereocenters. The molecule has 0 N–H and O–H groups in total. The normalized spacial score (nSPS) is 15.1. The number of benzene rings is 3. The van der Waals surface area contributed by atoms with Crippen molar-refractivity contribution in [1.82, 2.24) is 0 Å². The zero-order valence-electron chi connectivity index (χ0n) is 12.9. The molecule has 0 saturated carbocycles. The van der Waals surface area contributed by atoms with Gasteiger partial charge in [0.1, 0.15) is 0 Å². The first-order chi connectivity index (χ1) is 11.4. The van der Waals surface area contributed by atoms with E-state index in [0.29, 0.717) is 0 Å². The van der Waals surface area contributed by atoms with Gasteiger partial charge in [0, 0.05) is 16.3 Å². The summed E-state index contributed by atoms with van der Waals surface area (Å²) in [6, 6.07) is 30.0. The molecule has 0 amide bonds. The van der Waals surface area contributed by atoms with Crippen LogP contribution in [0.3, 0.4) is 0 Å². The molecule has 0 aromatic heterocycles. The van der Waals surface area contributed by atoms with Crippen molar-refractivity contribution in [2.45, 2.75) is 12.8 Å². The fraction of sp³-hybridized carbons (Fsp3) is 0.0952. The minimum Gasteiger partial charge on any atom is -0.256 e. The van der Waals surface area contributed by atoms with Gasteiger partial charge in [-0.3, -0.25) is 4.76 Å². The summed E-state index contributed by atoms with van der Waals surface area (Å²) in [6.45, 7) is 0.